The molecule has 0 bridgehead atoms. The Hall–Kier alpha value is -2.73. The van der Waals surface area contributed by atoms with Gasteiger partial charge in [0.15, 0.2) is 5.69 Å². The smallest absolute Gasteiger partial charge is 0.275 e. The average Bonchev–Trinajstić information content (AvgIpc) is 3.23. The van der Waals surface area contributed by atoms with Crippen LogP contribution in [0.4, 0.5) is 0 Å². The maximum Gasteiger partial charge on any atom is 0.275 e. The Morgan fingerprint density at radius 1 is 1.17 bits per heavy atom. The highest BCUT2D eigenvalue weighted by Crippen LogP contribution is 2.30. The van der Waals surface area contributed by atoms with Gasteiger partial charge in [-0.05, 0) is 25.1 Å². The lowest BCUT2D eigenvalue weighted by Crippen LogP contribution is -2.30. The monoisotopic (exact) mass is 336 g/mol. The van der Waals surface area contributed by atoms with Crippen molar-refractivity contribution in [2.75, 3.05) is 7.05 Å². The first-order chi connectivity index (χ1) is 11.6. The Labute approximate surface area is 142 Å². The number of H-pyrrole nitrogens is 1. The number of benzene rings is 2. The SMILES string of the molecule is C[C@H](c1nc2ccccc2s1)N(C)C(=O)c1n[nH]c2ccccc12. The number of thiazole rings is 1. The highest BCUT2D eigenvalue weighted by atomic mass is 32.1. The molecule has 120 valence electrons. The molecule has 0 saturated heterocycles. The van der Waals surface area contributed by atoms with Crippen LogP contribution < -0.4 is 0 Å². The minimum atomic E-state index is -0.120. The Morgan fingerprint density at radius 3 is 2.75 bits per heavy atom. The van der Waals surface area contributed by atoms with Crippen LogP contribution in [0.25, 0.3) is 21.1 Å². The first-order valence-electron chi connectivity index (χ1n) is 7.71. The number of aromatic nitrogens is 3. The fourth-order valence-corrected chi connectivity index (χ4v) is 3.77. The summed E-state index contributed by atoms with van der Waals surface area (Å²) in [6.07, 6.45) is 0. The third-order valence-corrected chi connectivity index (χ3v) is 5.45. The number of hydrogen-bond acceptors (Lipinski definition) is 4. The number of para-hydroxylation sites is 2. The van der Waals surface area contributed by atoms with Crippen LogP contribution in [-0.2, 0) is 0 Å². The van der Waals surface area contributed by atoms with Gasteiger partial charge < -0.3 is 4.90 Å². The summed E-state index contributed by atoms with van der Waals surface area (Å²) < 4.78 is 1.13. The van der Waals surface area contributed by atoms with E-state index in [0.29, 0.717) is 5.69 Å². The molecule has 0 saturated carbocycles. The molecule has 0 aliphatic carbocycles. The van der Waals surface area contributed by atoms with Crippen molar-refractivity contribution in [3.8, 4) is 0 Å². The van der Waals surface area contributed by atoms with Gasteiger partial charge in [0.05, 0.1) is 21.8 Å². The van der Waals surface area contributed by atoms with Crippen molar-refractivity contribution in [3.63, 3.8) is 0 Å². The van der Waals surface area contributed by atoms with E-state index in [2.05, 4.69) is 15.2 Å². The minimum absolute atomic E-state index is 0.112. The topological polar surface area (TPSA) is 61.9 Å². The number of rotatable bonds is 3. The van der Waals surface area contributed by atoms with E-state index < -0.39 is 0 Å². The van der Waals surface area contributed by atoms with Crippen molar-refractivity contribution in [2.24, 2.45) is 0 Å². The van der Waals surface area contributed by atoms with E-state index in [1.54, 1.807) is 23.3 Å². The normalized spacial score (nSPS) is 12.6. The lowest BCUT2D eigenvalue weighted by Gasteiger charge is -2.22. The standard InChI is InChI=1S/C18H16N4OS/c1-11(17-19-14-9-5-6-10-15(14)24-17)22(2)18(23)16-12-7-3-4-8-13(12)20-21-16/h3-11H,1-2H3,(H,20,21)/t11-/m1/s1. The quantitative estimate of drug-likeness (QED) is 0.615. The van der Waals surface area contributed by atoms with Crippen LogP contribution in [0.5, 0.6) is 0 Å². The Morgan fingerprint density at radius 2 is 1.92 bits per heavy atom. The van der Waals surface area contributed by atoms with E-state index in [0.717, 1.165) is 26.1 Å². The van der Waals surface area contributed by atoms with Crippen LogP contribution in [-0.4, -0.2) is 33.0 Å². The summed E-state index contributed by atoms with van der Waals surface area (Å²) in [7, 11) is 1.79. The fourth-order valence-electron chi connectivity index (χ4n) is 2.70. The summed E-state index contributed by atoms with van der Waals surface area (Å²) in [5.41, 5.74) is 2.28. The number of hydrogen-bond donors (Lipinski definition) is 1. The third-order valence-electron chi connectivity index (χ3n) is 4.24. The van der Waals surface area contributed by atoms with E-state index in [-0.39, 0.29) is 11.9 Å². The number of carbonyl (C=O) groups excluding carboxylic acids is 1. The molecule has 5 nitrogen and oxygen atoms in total. The molecule has 0 unspecified atom stereocenters. The van der Waals surface area contributed by atoms with Crippen molar-refractivity contribution in [1.82, 2.24) is 20.1 Å². The van der Waals surface area contributed by atoms with E-state index in [1.165, 1.54) is 0 Å². The van der Waals surface area contributed by atoms with Crippen molar-refractivity contribution in [3.05, 3.63) is 59.2 Å². The Bertz CT molecular complexity index is 1000. The molecule has 1 N–H and O–H groups in total. The predicted molar refractivity (Wildman–Crippen MR) is 96.2 cm³/mol. The zero-order chi connectivity index (χ0) is 16.7. The van der Waals surface area contributed by atoms with Crippen molar-refractivity contribution < 1.29 is 4.79 Å². The summed E-state index contributed by atoms with van der Waals surface area (Å²) in [5.74, 6) is -0.112. The maximum atomic E-state index is 12.9. The molecule has 4 aromatic rings. The summed E-state index contributed by atoms with van der Waals surface area (Å²) >= 11 is 1.62. The number of fused-ring (bicyclic) bond motifs is 2. The molecular weight excluding hydrogens is 320 g/mol. The Kier molecular flexibility index (Phi) is 3.54. The lowest BCUT2D eigenvalue weighted by molar-refractivity contribution is 0.0738. The molecular formula is C18H16N4OS. The maximum absolute atomic E-state index is 12.9. The second kappa shape index (κ2) is 5.72. The van der Waals surface area contributed by atoms with Gasteiger partial charge in [-0.1, -0.05) is 30.3 Å². The van der Waals surface area contributed by atoms with E-state index in [4.69, 9.17) is 0 Å². The second-order valence-electron chi connectivity index (χ2n) is 5.73. The summed E-state index contributed by atoms with van der Waals surface area (Å²) in [4.78, 5) is 19.2. The predicted octanol–water partition coefficient (Wildman–Crippen LogP) is 4.01. The molecule has 0 fully saturated rings. The second-order valence-corrected chi connectivity index (χ2v) is 6.79. The molecule has 0 radical (unpaired) electrons. The van der Waals surface area contributed by atoms with Crippen molar-refractivity contribution >= 4 is 38.4 Å². The zero-order valence-electron chi connectivity index (χ0n) is 13.4. The third kappa shape index (κ3) is 2.35. The van der Waals surface area contributed by atoms with Crippen molar-refractivity contribution in [1.29, 1.82) is 0 Å². The first kappa shape index (κ1) is 14.8. The number of aromatic amines is 1. The number of carbonyl (C=O) groups is 1. The van der Waals surface area contributed by atoms with Crippen LogP contribution in [0.2, 0.25) is 0 Å². The molecule has 2 aromatic heterocycles. The van der Waals surface area contributed by atoms with Gasteiger partial charge in [0, 0.05) is 12.4 Å². The first-order valence-corrected chi connectivity index (χ1v) is 8.52. The van der Waals surface area contributed by atoms with Crippen LogP contribution >= 0.6 is 11.3 Å². The number of nitrogens with one attached hydrogen (secondary N) is 1. The Balaban J connectivity index is 1.66. The van der Waals surface area contributed by atoms with Crippen LogP contribution in [0.1, 0.15) is 28.5 Å². The molecule has 1 atom stereocenters. The lowest BCUT2D eigenvalue weighted by atomic mass is 10.2. The molecule has 4 rings (SSSR count). The number of nitrogens with zero attached hydrogens (tertiary/aromatic N) is 3. The zero-order valence-corrected chi connectivity index (χ0v) is 14.2. The summed E-state index contributed by atoms with van der Waals surface area (Å²) in [5, 5.41) is 8.88. The molecule has 0 aliphatic rings. The minimum Gasteiger partial charge on any atom is -0.331 e. The molecule has 0 spiro atoms. The van der Waals surface area contributed by atoms with Gasteiger partial charge in [0.25, 0.3) is 5.91 Å². The van der Waals surface area contributed by atoms with Gasteiger partial charge in [-0.3, -0.25) is 9.89 Å². The largest absolute Gasteiger partial charge is 0.331 e. The molecule has 24 heavy (non-hydrogen) atoms. The van der Waals surface area contributed by atoms with E-state index in [9.17, 15) is 4.79 Å². The molecule has 0 aliphatic heterocycles. The van der Waals surface area contributed by atoms with Crippen LogP contribution in [0, 0.1) is 0 Å². The molecule has 2 heterocycles. The van der Waals surface area contributed by atoms with Crippen LogP contribution in [0.15, 0.2) is 48.5 Å². The molecule has 1 amide bonds. The van der Waals surface area contributed by atoms with Crippen molar-refractivity contribution in [2.45, 2.75) is 13.0 Å². The van der Waals surface area contributed by atoms with Gasteiger partial charge in [-0.2, -0.15) is 5.10 Å². The van der Waals surface area contributed by atoms with E-state index >= 15 is 0 Å². The van der Waals surface area contributed by atoms with Gasteiger partial charge >= 0.3 is 0 Å². The van der Waals surface area contributed by atoms with Gasteiger partial charge in [-0.15, -0.1) is 11.3 Å². The summed E-state index contributed by atoms with van der Waals surface area (Å²) in [6, 6.07) is 15.5. The van der Waals surface area contributed by atoms with Gasteiger partial charge in [0.1, 0.15) is 5.01 Å². The highest BCUT2D eigenvalue weighted by Gasteiger charge is 2.24. The molecule has 2 aromatic carbocycles. The molecule has 6 heteroatoms. The van der Waals surface area contributed by atoms with Gasteiger partial charge in [0.2, 0.25) is 0 Å². The van der Waals surface area contributed by atoms with Crippen LogP contribution in [0.3, 0.4) is 0 Å². The number of amides is 1. The summed E-state index contributed by atoms with van der Waals surface area (Å²) in [6.45, 7) is 1.99. The van der Waals surface area contributed by atoms with Gasteiger partial charge in [-0.25, -0.2) is 4.98 Å². The average molecular weight is 336 g/mol. The fraction of sp³-hybridized carbons (Fsp3) is 0.167. The van der Waals surface area contributed by atoms with E-state index in [1.807, 2.05) is 55.5 Å². The highest BCUT2D eigenvalue weighted by molar-refractivity contribution is 7.18.